The predicted octanol–water partition coefficient (Wildman–Crippen LogP) is 4.38. The third-order valence-electron chi connectivity index (χ3n) is 3.63. The van der Waals surface area contributed by atoms with Gasteiger partial charge in [-0.1, -0.05) is 11.6 Å². The molecule has 0 aliphatic carbocycles. The van der Waals surface area contributed by atoms with E-state index in [2.05, 4.69) is 15.4 Å². The van der Waals surface area contributed by atoms with Gasteiger partial charge in [0.25, 0.3) is 5.91 Å². The van der Waals surface area contributed by atoms with E-state index in [1.54, 1.807) is 5.32 Å². The maximum Gasteiger partial charge on any atom is 0.433 e. The molecule has 30 heavy (non-hydrogen) atoms. The summed E-state index contributed by atoms with van der Waals surface area (Å²) >= 11 is 5.69. The average Bonchev–Trinajstić information content (AvgIpc) is 3.05. The van der Waals surface area contributed by atoms with E-state index >= 15 is 0 Å². The number of aromatic nitrogens is 3. The van der Waals surface area contributed by atoms with Gasteiger partial charge in [0.1, 0.15) is 11.3 Å². The summed E-state index contributed by atoms with van der Waals surface area (Å²) in [6.45, 7) is 0. The maximum atomic E-state index is 13.1. The number of alkyl halides is 6. The Kier molecular flexibility index (Phi) is 5.33. The number of halogens is 7. The Morgan fingerprint density at radius 1 is 1.00 bits per heavy atom. The molecule has 7 nitrogen and oxygen atoms in total. The van der Waals surface area contributed by atoms with Crippen LogP contribution in [0.5, 0.6) is 0 Å². The first-order chi connectivity index (χ1) is 13.9. The first-order valence-electron chi connectivity index (χ1n) is 7.77. The summed E-state index contributed by atoms with van der Waals surface area (Å²) in [4.78, 5) is 27.2. The van der Waals surface area contributed by atoms with E-state index < -0.39 is 46.9 Å². The number of carbonyl (C=O) groups is 2. The molecule has 1 aromatic carbocycles. The number of nitrogens with zero attached hydrogens (tertiary/aromatic N) is 3. The van der Waals surface area contributed by atoms with Crippen molar-refractivity contribution in [2.45, 2.75) is 12.4 Å². The van der Waals surface area contributed by atoms with Crippen LogP contribution >= 0.6 is 11.6 Å². The molecule has 2 heterocycles. The Labute approximate surface area is 167 Å². The van der Waals surface area contributed by atoms with Crippen molar-refractivity contribution in [3.05, 3.63) is 58.5 Å². The second-order valence-electron chi connectivity index (χ2n) is 5.73. The van der Waals surface area contributed by atoms with Crippen LogP contribution in [-0.4, -0.2) is 26.5 Å². The Balaban J connectivity index is 1.94. The Morgan fingerprint density at radius 3 is 2.20 bits per heavy atom. The zero-order valence-electron chi connectivity index (χ0n) is 14.3. The van der Waals surface area contributed by atoms with Crippen molar-refractivity contribution in [1.82, 2.24) is 19.9 Å². The molecule has 0 saturated carbocycles. The van der Waals surface area contributed by atoms with Gasteiger partial charge in [-0.05, 0) is 30.3 Å². The lowest BCUT2D eigenvalue weighted by Gasteiger charge is -2.13. The molecule has 0 fully saturated rings. The first-order valence-corrected chi connectivity index (χ1v) is 8.15. The fourth-order valence-electron chi connectivity index (χ4n) is 2.34. The molecule has 3 aromatic rings. The van der Waals surface area contributed by atoms with Gasteiger partial charge < -0.3 is 5.32 Å². The summed E-state index contributed by atoms with van der Waals surface area (Å²) in [5, 5.41) is 7.68. The zero-order valence-corrected chi connectivity index (χ0v) is 15.0. The number of hydrogen-bond donors (Lipinski definition) is 2. The first kappa shape index (κ1) is 21.4. The second kappa shape index (κ2) is 7.48. The van der Waals surface area contributed by atoms with Crippen LogP contribution in [0.15, 0.2) is 36.5 Å². The standard InChI is InChI=1S/C16H8ClF6N5O2/c17-7-1-3-8(4-2-7)25-14(30)27-13(29)9-6-24-28-11(16(21,22)23)5-10(15(18,19)20)26-12(9)28/h1-6H,(H2,25,27,29,30). The van der Waals surface area contributed by atoms with E-state index in [0.717, 1.165) is 0 Å². The predicted molar refractivity (Wildman–Crippen MR) is 90.9 cm³/mol. The largest absolute Gasteiger partial charge is 0.433 e. The molecule has 0 aliphatic heterocycles. The lowest BCUT2D eigenvalue weighted by atomic mass is 10.2. The van der Waals surface area contributed by atoms with Crippen LogP contribution in [0.25, 0.3) is 5.65 Å². The molecule has 2 aromatic heterocycles. The summed E-state index contributed by atoms with van der Waals surface area (Å²) in [6, 6.07) is 4.35. The highest BCUT2D eigenvalue weighted by molar-refractivity contribution is 6.30. The molecular formula is C16H8ClF6N5O2. The van der Waals surface area contributed by atoms with Crippen LogP contribution in [0.2, 0.25) is 5.02 Å². The van der Waals surface area contributed by atoms with Gasteiger partial charge in [-0.3, -0.25) is 10.1 Å². The van der Waals surface area contributed by atoms with Crippen molar-refractivity contribution in [2.75, 3.05) is 5.32 Å². The van der Waals surface area contributed by atoms with Gasteiger partial charge in [0.05, 0.1) is 6.20 Å². The number of carbonyl (C=O) groups excluding carboxylic acids is 2. The zero-order chi connectivity index (χ0) is 22.3. The number of urea groups is 1. The van der Waals surface area contributed by atoms with Gasteiger partial charge in [-0.25, -0.2) is 14.3 Å². The van der Waals surface area contributed by atoms with Crippen LogP contribution < -0.4 is 10.6 Å². The quantitative estimate of drug-likeness (QED) is 0.566. The fraction of sp³-hybridized carbons (Fsp3) is 0.125. The third-order valence-corrected chi connectivity index (χ3v) is 3.88. The normalized spacial score (nSPS) is 12.1. The van der Waals surface area contributed by atoms with Crippen LogP contribution in [0.4, 0.5) is 36.8 Å². The van der Waals surface area contributed by atoms with Crippen molar-refractivity contribution in [3.8, 4) is 0 Å². The smallest absolute Gasteiger partial charge is 0.308 e. The van der Waals surface area contributed by atoms with Crippen molar-refractivity contribution in [2.24, 2.45) is 0 Å². The molecule has 0 aliphatic rings. The van der Waals surface area contributed by atoms with Crippen molar-refractivity contribution >= 4 is 34.9 Å². The molecule has 0 saturated heterocycles. The van der Waals surface area contributed by atoms with Gasteiger partial charge in [0.2, 0.25) is 0 Å². The van der Waals surface area contributed by atoms with E-state index in [-0.39, 0.29) is 16.3 Å². The Bertz CT molecular complexity index is 1120. The number of rotatable bonds is 2. The van der Waals surface area contributed by atoms with Crippen molar-refractivity contribution in [1.29, 1.82) is 0 Å². The summed E-state index contributed by atoms with van der Waals surface area (Å²) in [6.07, 6.45) is -9.86. The number of benzene rings is 1. The number of amides is 3. The lowest BCUT2D eigenvalue weighted by Crippen LogP contribution is -2.34. The summed E-state index contributed by atoms with van der Waals surface area (Å²) in [5.74, 6) is -1.31. The average molecular weight is 452 g/mol. The van der Waals surface area contributed by atoms with E-state index in [9.17, 15) is 35.9 Å². The van der Waals surface area contributed by atoms with Gasteiger partial charge in [-0.2, -0.15) is 31.4 Å². The van der Waals surface area contributed by atoms with E-state index in [1.807, 2.05) is 0 Å². The SMILES string of the molecule is O=C(NC(=O)c1cnn2c(C(F)(F)F)cc(C(F)(F)F)nc12)Nc1ccc(Cl)cc1. The molecule has 3 rings (SSSR count). The van der Waals surface area contributed by atoms with E-state index in [0.29, 0.717) is 11.2 Å². The summed E-state index contributed by atoms with van der Waals surface area (Å²) in [7, 11) is 0. The third kappa shape index (κ3) is 4.45. The minimum absolute atomic E-state index is 0.0429. The molecular weight excluding hydrogens is 444 g/mol. The number of nitrogens with one attached hydrogen (secondary N) is 2. The monoisotopic (exact) mass is 451 g/mol. The molecule has 0 unspecified atom stereocenters. The molecule has 158 valence electrons. The van der Waals surface area contributed by atoms with Crippen molar-refractivity contribution in [3.63, 3.8) is 0 Å². The van der Waals surface area contributed by atoms with Gasteiger partial charge in [0, 0.05) is 10.7 Å². The molecule has 0 spiro atoms. The fourth-order valence-corrected chi connectivity index (χ4v) is 2.46. The number of imide groups is 1. The number of anilines is 1. The Morgan fingerprint density at radius 2 is 1.63 bits per heavy atom. The molecule has 0 radical (unpaired) electrons. The maximum absolute atomic E-state index is 13.1. The second-order valence-corrected chi connectivity index (χ2v) is 6.17. The lowest BCUT2D eigenvalue weighted by molar-refractivity contribution is -0.148. The van der Waals surface area contributed by atoms with Crippen LogP contribution in [0.1, 0.15) is 21.7 Å². The minimum Gasteiger partial charge on any atom is -0.308 e. The molecule has 14 heteroatoms. The van der Waals surface area contributed by atoms with E-state index in [4.69, 9.17) is 11.6 Å². The molecule has 3 amide bonds. The van der Waals surface area contributed by atoms with Gasteiger partial charge in [-0.15, -0.1) is 0 Å². The molecule has 2 N–H and O–H groups in total. The number of fused-ring (bicyclic) bond motifs is 1. The summed E-state index contributed by atoms with van der Waals surface area (Å²) < 4.78 is 78.4. The number of hydrogen-bond acceptors (Lipinski definition) is 4. The van der Waals surface area contributed by atoms with Gasteiger partial charge >= 0.3 is 18.4 Å². The highest BCUT2D eigenvalue weighted by Gasteiger charge is 2.41. The molecule has 0 bridgehead atoms. The van der Waals surface area contributed by atoms with E-state index in [1.165, 1.54) is 24.3 Å². The highest BCUT2D eigenvalue weighted by atomic mass is 35.5. The molecule has 0 atom stereocenters. The van der Waals surface area contributed by atoms with Crippen LogP contribution in [0, 0.1) is 0 Å². The van der Waals surface area contributed by atoms with Crippen molar-refractivity contribution < 1.29 is 35.9 Å². The van der Waals surface area contributed by atoms with Gasteiger partial charge in [0.15, 0.2) is 11.3 Å². The minimum atomic E-state index is -5.22. The summed E-state index contributed by atoms with van der Waals surface area (Å²) in [5.41, 5.74) is -5.22. The van der Waals surface area contributed by atoms with Crippen LogP contribution in [-0.2, 0) is 12.4 Å². The Hall–Kier alpha value is -3.35. The highest BCUT2D eigenvalue weighted by Crippen LogP contribution is 2.35. The van der Waals surface area contributed by atoms with Crippen LogP contribution in [0.3, 0.4) is 0 Å². The topological polar surface area (TPSA) is 88.4 Å².